The summed E-state index contributed by atoms with van der Waals surface area (Å²) in [6.07, 6.45) is 6.05. The van der Waals surface area contributed by atoms with Gasteiger partial charge in [-0.25, -0.2) is 0 Å². The van der Waals surface area contributed by atoms with Gasteiger partial charge in [0.15, 0.2) is 0 Å². The smallest absolute Gasteiger partial charge is 0.241 e. The van der Waals surface area contributed by atoms with E-state index in [1.165, 1.54) is 12.8 Å². The number of carbonyl (C=O) groups excluding carboxylic acids is 1. The van der Waals surface area contributed by atoms with Crippen LogP contribution in [0.1, 0.15) is 38.3 Å². The molecule has 0 radical (unpaired) electrons. The van der Waals surface area contributed by atoms with Crippen LogP contribution in [0.15, 0.2) is 12.4 Å². The zero-order valence-electron chi connectivity index (χ0n) is 12.6. The van der Waals surface area contributed by atoms with Gasteiger partial charge in [0, 0.05) is 25.4 Å². The number of hydrogen-bond acceptors (Lipinski definition) is 3. The van der Waals surface area contributed by atoms with Crippen molar-refractivity contribution in [1.29, 1.82) is 0 Å². The Balaban J connectivity index is 0.00000200. The van der Waals surface area contributed by atoms with Gasteiger partial charge in [-0.15, -0.1) is 12.4 Å². The highest BCUT2D eigenvalue weighted by Gasteiger charge is 2.45. The van der Waals surface area contributed by atoms with Crippen LogP contribution >= 0.6 is 12.4 Å². The fraction of sp³-hybridized carbons (Fsp3) is 0.714. The van der Waals surface area contributed by atoms with Gasteiger partial charge in [0.05, 0.1) is 6.20 Å². The molecule has 1 saturated carbocycles. The lowest BCUT2D eigenvalue weighted by Gasteiger charge is -2.22. The molecule has 0 aliphatic heterocycles. The van der Waals surface area contributed by atoms with Gasteiger partial charge in [-0.3, -0.25) is 9.48 Å². The molecule has 0 bridgehead atoms. The molecule has 1 heterocycles. The van der Waals surface area contributed by atoms with Crippen LogP contribution in [-0.4, -0.2) is 29.3 Å². The molecule has 2 rings (SSSR count). The third-order valence-electron chi connectivity index (χ3n) is 4.34. The van der Waals surface area contributed by atoms with Crippen molar-refractivity contribution in [3.05, 3.63) is 18.0 Å². The number of aromatic nitrogens is 2. The van der Waals surface area contributed by atoms with E-state index < -0.39 is 0 Å². The van der Waals surface area contributed by atoms with Crippen LogP contribution in [0, 0.1) is 11.3 Å². The first kappa shape index (κ1) is 17.0. The van der Waals surface area contributed by atoms with Crippen molar-refractivity contribution in [3.63, 3.8) is 0 Å². The maximum atomic E-state index is 12.3. The van der Waals surface area contributed by atoms with Crippen LogP contribution in [0.3, 0.4) is 0 Å². The van der Waals surface area contributed by atoms with Gasteiger partial charge < -0.3 is 10.6 Å². The molecule has 1 aliphatic rings. The van der Waals surface area contributed by atoms with Crippen molar-refractivity contribution < 1.29 is 4.79 Å². The van der Waals surface area contributed by atoms with Crippen LogP contribution in [0.5, 0.6) is 0 Å². The summed E-state index contributed by atoms with van der Waals surface area (Å²) in [6.45, 7) is 5.24. The lowest BCUT2D eigenvalue weighted by molar-refractivity contribution is -0.123. The Morgan fingerprint density at radius 1 is 1.50 bits per heavy atom. The normalized spacial score (nSPS) is 17.4. The van der Waals surface area contributed by atoms with Gasteiger partial charge in [-0.05, 0) is 31.2 Å². The molecule has 5 nitrogen and oxygen atoms in total. The van der Waals surface area contributed by atoms with E-state index in [9.17, 15) is 4.79 Å². The number of amides is 1. The number of likely N-dealkylation sites (N-methyl/N-ethyl adjacent to an activating group) is 1. The summed E-state index contributed by atoms with van der Waals surface area (Å²) in [5, 5.41) is 10.3. The number of rotatable bonds is 6. The van der Waals surface area contributed by atoms with Crippen LogP contribution < -0.4 is 10.6 Å². The Hall–Kier alpha value is -1.07. The van der Waals surface area contributed by atoms with Crippen molar-refractivity contribution in [3.8, 4) is 0 Å². The number of aryl methyl sites for hydroxylation is 1. The summed E-state index contributed by atoms with van der Waals surface area (Å²) in [4.78, 5) is 12.3. The van der Waals surface area contributed by atoms with Crippen LogP contribution in [0.2, 0.25) is 0 Å². The van der Waals surface area contributed by atoms with Crippen molar-refractivity contribution in [2.45, 2.75) is 32.7 Å². The first-order chi connectivity index (χ1) is 8.98. The third-order valence-corrected chi connectivity index (χ3v) is 4.34. The molecule has 114 valence electrons. The fourth-order valence-electron chi connectivity index (χ4n) is 2.52. The van der Waals surface area contributed by atoms with E-state index in [0.29, 0.717) is 11.3 Å². The van der Waals surface area contributed by atoms with Crippen LogP contribution in [-0.2, 0) is 11.8 Å². The fourth-order valence-corrected chi connectivity index (χ4v) is 2.52. The Morgan fingerprint density at radius 3 is 2.55 bits per heavy atom. The average Bonchev–Trinajstić information content (AvgIpc) is 3.06. The van der Waals surface area contributed by atoms with E-state index in [1.807, 2.05) is 13.2 Å². The van der Waals surface area contributed by atoms with Gasteiger partial charge in [-0.1, -0.05) is 13.8 Å². The van der Waals surface area contributed by atoms with E-state index in [-0.39, 0.29) is 24.4 Å². The predicted molar refractivity (Wildman–Crippen MR) is 81.8 cm³/mol. The standard InChI is InChI=1S/C14H24N4O.ClH/c1-10(2)14(5-6-14)9-16-13(19)12(15-3)11-7-17-18(4)8-11;/h7-8,10,12,15H,5-6,9H2,1-4H3,(H,16,19);1H. The highest BCUT2D eigenvalue weighted by atomic mass is 35.5. The summed E-state index contributed by atoms with van der Waals surface area (Å²) >= 11 is 0. The summed E-state index contributed by atoms with van der Waals surface area (Å²) in [7, 11) is 3.65. The molecule has 6 heteroatoms. The number of halogens is 1. The molecule has 0 saturated heterocycles. The zero-order valence-corrected chi connectivity index (χ0v) is 13.5. The Bertz CT molecular complexity index is 454. The van der Waals surface area contributed by atoms with E-state index in [2.05, 4.69) is 29.6 Å². The minimum absolute atomic E-state index is 0. The molecule has 1 atom stereocenters. The summed E-state index contributed by atoms with van der Waals surface area (Å²) in [6, 6.07) is -0.323. The lowest BCUT2D eigenvalue weighted by Crippen LogP contribution is -2.39. The quantitative estimate of drug-likeness (QED) is 0.840. The second-order valence-corrected chi connectivity index (χ2v) is 5.90. The molecule has 1 aromatic heterocycles. The number of carbonyl (C=O) groups is 1. The minimum Gasteiger partial charge on any atom is -0.354 e. The van der Waals surface area contributed by atoms with Gasteiger partial charge in [0.2, 0.25) is 5.91 Å². The van der Waals surface area contributed by atoms with E-state index >= 15 is 0 Å². The molecule has 0 spiro atoms. The molecule has 1 aromatic rings. The third kappa shape index (κ3) is 3.52. The highest BCUT2D eigenvalue weighted by molar-refractivity contribution is 5.85. The molecule has 1 amide bonds. The molecule has 1 fully saturated rings. The first-order valence-electron chi connectivity index (χ1n) is 6.92. The van der Waals surface area contributed by atoms with Crippen molar-refractivity contribution in [1.82, 2.24) is 20.4 Å². The number of nitrogens with one attached hydrogen (secondary N) is 2. The molecule has 1 aliphatic carbocycles. The van der Waals surface area contributed by atoms with E-state index in [0.717, 1.165) is 12.1 Å². The molecule has 1 unspecified atom stereocenters. The Labute approximate surface area is 126 Å². The second-order valence-electron chi connectivity index (χ2n) is 5.90. The Kier molecular flexibility index (Phi) is 5.59. The largest absolute Gasteiger partial charge is 0.354 e. The first-order valence-corrected chi connectivity index (χ1v) is 6.92. The molecule has 0 aromatic carbocycles. The molecular weight excluding hydrogens is 276 g/mol. The monoisotopic (exact) mass is 300 g/mol. The number of nitrogens with zero attached hydrogens (tertiary/aromatic N) is 2. The van der Waals surface area contributed by atoms with Gasteiger partial charge in [-0.2, -0.15) is 5.10 Å². The van der Waals surface area contributed by atoms with Crippen LogP contribution in [0.4, 0.5) is 0 Å². The lowest BCUT2D eigenvalue weighted by atomic mass is 9.92. The maximum absolute atomic E-state index is 12.3. The molecule has 2 N–H and O–H groups in total. The predicted octanol–water partition coefficient (Wildman–Crippen LogP) is 1.65. The highest BCUT2D eigenvalue weighted by Crippen LogP contribution is 2.51. The zero-order chi connectivity index (χ0) is 14.0. The average molecular weight is 301 g/mol. The summed E-state index contributed by atoms with van der Waals surface area (Å²) in [5.74, 6) is 0.654. The van der Waals surface area contributed by atoms with Crippen molar-refractivity contribution in [2.24, 2.45) is 18.4 Å². The van der Waals surface area contributed by atoms with Gasteiger partial charge in [0.1, 0.15) is 6.04 Å². The van der Waals surface area contributed by atoms with Crippen molar-refractivity contribution in [2.75, 3.05) is 13.6 Å². The Morgan fingerprint density at radius 2 is 2.15 bits per heavy atom. The van der Waals surface area contributed by atoms with Crippen LogP contribution in [0.25, 0.3) is 0 Å². The van der Waals surface area contributed by atoms with Gasteiger partial charge >= 0.3 is 0 Å². The minimum atomic E-state index is -0.323. The van der Waals surface area contributed by atoms with E-state index in [4.69, 9.17) is 0 Å². The number of hydrogen-bond donors (Lipinski definition) is 2. The van der Waals surface area contributed by atoms with Gasteiger partial charge in [0.25, 0.3) is 0 Å². The maximum Gasteiger partial charge on any atom is 0.241 e. The second kappa shape index (κ2) is 6.59. The van der Waals surface area contributed by atoms with E-state index in [1.54, 1.807) is 17.9 Å². The molecular formula is C14H25ClN4O. The summed E-state index contributed by atoms with van der Waals surface area (Å²) in [5.41, 5.74) is 1.24. The topological polar surface area (TPSA) is 59.0 Å². The summed E-state index contributed by atoms with van der Waals surface area (Å²) < 4.78 is 1.71. The SMILES string of the molecule is CNC(C(=O)NCC1(C(C)C)CC1)c1cnn(C)c1.Cl. The van der Waals surface area contributed by atoms with Crippen molar-refractivity contribution >= 4 is 18.3 Å². The molecule has 20 heavy (non-hydrogen) atoms.